The molecule has 0 saturated carbocycles. The molecule has 0 spiro atoms. The van der Waals surface area contributed by atoms with Gasteiger partial charge in [-0.15, -0.1) is 0 Å². The summed E-state index contributed by atoms with van der Waals surface area (Å²) >= 11 is 0. The van der Waals surface area contributed by atoms with Crippen LogP contribution in [0.25, 0.3) is 10.9 Å². The SMILES string of the molecule is COC(=O)C(N)CCCCNc1ccc2cccc(C)c2n1. The molecule has 0 amide bonds. The molecule has 5 nitrogen and oxygen atoms in total. The van der Waals surface area contributed by atoms with Gasteiger partial charge in [0.1, 0.15) is 11.9 Å². The molecule has 2 rings (SSSR count). The minimum Gasteiger partial charge on any atom is -0.468 e. The van der Waals surface area contributed by atoms with E-state index in [1.54, 1.807) is 0 Å². The zero-order valence-electron chi connectivity index (χ0n) is 13.1. The van der Waals surface area contributed by atoms with Crippen molar-refractivity contribution in [3.05, 3.63) is 35.9 Å². The van der Waals surface area contributed by atoms with E-state index in [0.717, 1.165) is 36.1 Å². The van der Waals surface area contributed by atoms with Crippen molar-refractivity contribution in [1.29, 1.82) is 0 Å². The van der Waals surface area contributed by atoms with E-state index in [9.17, 15) is 4.79 Å². The standard InChI is InChI=1S/C17H23N3O2/c1-12-6-5-7-13-9-10-15(20-16(12)13)19-11-4-3-8-14(18)17(21)22-2/h5-7,9-10,14H,3-4,8,11,18H2,1-2H3,(H,19,20). The second-order valence-electron chi connectivity index (χ2n) is 5.40. The molecule has 1 aromatic carbocycles. The molecule has 2 aromatic rings. The van der Waals surface area contributed by atoms with Crippen LogP contribution in [0.4, 0.5) is 5.82 Å². The number of nitrogens with one attached hydrogen (secondary N) is 1. The maximum absolute atomic E-state index is 11.2. The fourth-order valence-electron chi connectivity index (χ4n) is 2.37. The van der Waals surface area contributed by atoms with E-state index in [-0.39, 0.29) is 5.97 Å². The van der Waals surface area contributed by atoms with Crippen LogP contribution in [0.15, 0.2) is 30.3 Å². The van der Waals surface area contributed by atoms with E-state index in [1.165, 1.54) is 12.7 Å². The molecular weight excluding hydrogens is 278 g/mol. The van der Waals surface area contributed by atoms with Gasteiger partial charge in [-0.25, -0.2) is 4.98 Å². The molecular formula is C17H23N3O2. The number of hydrogen-bond donors (Lipinski definition) is 2. The van der Waals surface area contributed by atoms with Crippen LogP contribution >= 0.6 is 0 Å². The van der Waals surface area contributed by atoms with Crippen molar-refractivity contribution in [2.75, 3.05) is 19.0 Å². The Bertz CT molecular complexity index is 643. The average Bonchev–Trinajstić information content (AvgIpc) is 2.54. The molecule has 3 N–H and O–H groups in total. The number of ether oxygens (including phenoxy) is 1. The number of aromatic nitrogens is 1. The van der Waals surface area contributed by atoms with Gasteiger partial charge >= 0.3 is 5.97 Å². The first kappa shape index (κ1) is 16.2. The Balaban J connectivity index is 1.80. The summed E-state index contributed by atoms with van der Waals surface area (Å²) < 4.78 is 4.60. The van der Waals surface area contributed by atoms with Crippen molar-refractivity contribution in [3.8, 4) is 0 Å². The molecule has 0 bridgehead atoms. The Morgan fingerprint density at radius 1 is 1.32 bits per heavy atom. The molecule has 0 fully saturated rings. The van der Waals surface area contributed by atoms with Crippen molar-refractivity contribution in [1.82, 2.24) is 4.98 Å². The Hall–Kier alpha value is -2.14. The summed E-state index contributed by atoms with van der Waals surface area (Å²) in [6, 6.07) is 9.70. The van der Waals surface area contributed by atoms with Crippen molar-refractivity contribution < 1.29 is 9.53 Å². The quantitative estimate of drug-likeness (QED) is 0.607. The van der Waals surface area contributed by atoms with Gasteiger partial charge in [0, 0.05) is 11.9 Å². The number of anilines is 1. The zero-order chi connectivity index (χ0) is 15.9. The predicted molar refractivity (Wildman–Crippen MR) is 88.8 cm³/mol. The average molecular weight is 301 g/mol. The van der Waals surface area contributed by atoms with Crippen LogP contribution in [0, 0.1) is 6.92 Å². The third kappa shape index (κ3) is 4.18. The molecule has 0 aliphatic carbocycles. The van der Waals surface area contributed by atoms with Gasteiger partial charge in [-0.05, 0) is 43.9 Å². The lowest BCUT2D eigenvalue weighted by molar-refractivity contribution is -0.142. The second-order valence-corrected chi connectivity index (χ2v) is 5.40. The molecule has 118 valence electrons. The van der Waals surface area contributed by atoms with Crippen LogP contribution in [0.1, 0.15) is 24.8 Å². The predicted octanol–water partition coefficient (Wildman–Crippen LogP) is 2.63. The van der Waals surface area contributed by atoms with E-state index in [4.69, 9.17) is 5.73 Å². The fraction of sp³-hybridized carbons (Fsp3) is 0.412. The number of nitrogens with zero attached hydrogens (tertiary/aromatic N) is 1. The molecule has 1 atom stereocenters. The van der Waals surface area contributed by atoms with Crippen molar-refractivity contribution in [2.24, 2.45) is 5.73 Å². The third-order valence-corrected chi connectivity index (χ3v) is 3.67. The van der Waals surface area contributed by atoms with E-state index >= 15 is 0 Å². The number of carbonyl (C=O) groups excluding carboxylic acids is 1. The zero-order valence-corrected chi connectivity index (χ0v) is 13.1. The first-order chi connectivity index (χ1) is 10.6. The molecule has 22 heavy (non-hydrogen) atoms. The van der Waals surface area contributed by atoms with E-state index in [0.29, 0.717) is 6.42 Å². The van der Waals surface area contributed by atoms with Crippen LogP contribution in [-0.4, -0.2) is 30.6 Å². The summed E-state index contributed by atoms with van der Waals surface area (Å²) in [5.74, 6) is 0.527. The second kappa shape index (κ2) is 7.75. The number of hydrogen-bond acceptors (Lipinski definition) is 5. The van der Waals surface area contributed by atoms with Gasteiger partial charge in [0.05, 0.1) is 12.6 Å². The lowest BCUT2D eigenvalue weighted by Crippen LogP contribution is -2.31. The van der Waals surface area contributed by atoms with Crippen molar-refractivity contribution >= 4 is 22.7 Å². The van der Waals surface area contributed by atoms with E-state index in [2.05, 4.69) is 40.2 Å². The number of nitrogens with two attached hydrogens (primary N) is 1. The number of esters is 1. The minimum atomic E-state index is -0.522. The molecule has 1 unspecified atom stereocenters. The highest BCUT2D eigenvalue weighted by molar-refractivity contribution is 5.83. The summed E-state index contributed by atoms with van der Waals surface area (Å²) in [4.78, 5) is 15.8. The third-order valence-electron chi connectivity index (χ3n) is 3.67. The highest BCUT2D eigenvalue weighted by Gasteiger charge is 2.12. The number of fused-ring (bicyclic) bond motifs is 1. The number of pyridine rings is 1. The number of benzene rings is 1. The number of aryl methyl sites for hydroxylation is 1. The fourth-order valence-corrected chi connectivity index (χ4v) is 2.37. The Labute approximate surface area is 130 Å². The van der Waals surface area contributed by atoms with Gasteiger partial charge in [0.2, 0.25) is 0 Å². The van der Waals surface area contributed by atoms with Crippen LogP contribution in [-0.2, 0) is 9.53 Å². The highest BCUT2D eigenvalue weighted by Crippen LogP contribution is 2.18. The van der Waals surface area contributed by atoms with E-state index < -0.39 is 6.04 Å². The Morgan fingerprint density at radius 3 is 2.91 bits per heavy atom. The summed E-state index contributed by atoms with van der Waals surface area (Å²) in [6.45, 7) is 2.87. The first-order valence-electron chi connectivity index (χ1n) is 7.55. The normalized spacial score (nSPS) is 12.1. The Kier molecular flexibility index (Phi) is 5.72. The Morgan fingerprint density at radius 2 is 2.14 bits per heavy atom. The van der Waals surface area contributed by atoms with Crippen molar-refractivity contribution in [2.45, 2.75) is 32.2 Å². The summed E-state index contributed by atoms with van der Waals surface area (Å²) in [6.07, 6.45) is 2.44. The molecule has 1 aromatic heterocycles. The van der Waals surface area contributed by atoms with Gasteiger partial charge in [0.25, 0.3) is 0 Å². The lowest BCUT2D eigenvalue weighted by atomic mass is 10.1. The highest BCUT2D eigenvalue weighted by atomic mass is 16.5. The van der Waals surface area contributed by atoms with Crippen LogP contribution in [0.2, 0.25) is 0 Å². The maximum atomic E-state index is 11.2. The number of para-hydroxylation sites is 1. The topological polar surface area (TPSA) is 77.2 Å². The van der Waals surface area contributed by atoms with Gasteiger partial charge in [-0.3, -0.25) is 4.79 Å². The first-order valence-corrected chi connectivity index (χ1v) is 7.55. The number of methoxy groups -OCH3 is 1. The molecule has 0 radical (unpaired) electrons. The molecule has 0 aliphatic heterocycles. The van der Waals surface area contributed by atoms with Crippen molar-refractivity contribution in [3.63, 3.8) is 0 Å². The number of carbonyl (C=O) groups is 1. The van der Waals surface area contributed by atoms with Crippen LogP contribution in [0.3, 0.4) is 0 Å². The number of rotatable bonds is 7. The molecule has 1 heterocycles. The maximum Gasteiger partial charge on any atom is 0.322 e. The van der Waals surface area contributed by atoms with Gasteiger partial charge < -0.3 is 15.8 Å². The van der Waals surface area contributed by atoms with E-state index in [1.807, 2.05) is 12.1 Å². The lowest BCUT2D eigenvalue weighted by Gasteiger charge is -2.10. The number of unbranched alkanes of at least 4 members (excludes halogenated alkanes) is 1. The van der Waals surface area contributed by atoms with Gasteiger partial charge in [-0.2, -0.15) is 0 Å². The minimum absolute atomic E-state index is 0.348. The molecule has 0 saturated heterocycles. The summed E-state index contributed by atoms with van der Waals surface area (Å²) in [5.41, 5.74) is 7.89. The monoisotopic (exact) mass is 301 g/mol. The van der Waals surface area contributed by atoms with Gasteiger partial charge in [-0.1, -0.05) is 18.2 Å². The van der Waals surface area contributed by atoms with Gasteiger partial charge in [0.15, 0.2) is 0 Å². The summed E-state index contributed by atoms with van der Waals surface area (Å²) in [7, 11) is 1.36. The summed E-state index contributed by atoms with van der Waals surface area (Å²) in [5, 5.41) is 4.46. The molecule has 0 aliphatic rings. The largest absolute Gasteiger partial charge is 0.468 e. The molecule has 5 heteroatoms. The smallest absolute Gasteiger partial charge is 0.322 e. The van der Waals surface area contributed by atoms with Crippen LogP contribution < -0.4 is 11.1 Å². The van der Waals surface area contributed by atoms with Crippen LogP contribution in [0.5, 0.6) is 0 Å².